The summed E-state index contributed by atoms with van der Waals surface area (Å²) in [6.07, 6.45) is 0. The lowest BCUT2D eigenvalue weighted by atomic mass is 10.0. The number of amides is 2. The van der Waals surface area contributed by atoms with E-state index in [1.165, 1.54) is 40.6 Å². The normalized spacial score (nSPS) is 24.1. The van der Waals surface area contributed by atoms with Crippen molar-refractivity contribution in [3.05, 3.63) is 41.1 Å². The maximum Gasteiger partial charge on any atom is 0.352 e. The summed E-state index contributed by atoms with van der Waals surface area (Å²) < 4.78 is 0.767. The summed E-state index contributed by atoms with van der Waals surface area (Å²) in [7, 11) is 0. The second-order valence-corrected chi connectivity index (χ2v) is 11.3. The highest BCUT2D eigenvalue weighted by atomic mass is 32.2. The van der Waals surface area contributed by atoms with Crippen molar-refractivity contribution in [1.29, 1.82) is 0 Å². The summed E-state index contributed by atoms with van der Waals surface area (Å²) in [6, 6.07) is 5.06. The summed E-state index contributed by atoms with van der Waals surface area (Å²) in [5.74, 6) is -0.859. The van der Waals surface area contributed by atoms with Crippen LogP contribution in [0.5, 0.6) is 5.75 Å². The fourth-order valence-electron chi connectivity index (χ4n) is 4.24. The highest BCUT2D eigenvalue weighted by Gasteiger charge is 2.54. The molecule has 0 aromatic heterocycles. The zero-order chi connectivity index (χ0) is 24.7. The molecule has 3 atom stereocenters. The number of carboxylic acid groups (broad SMARTS) is 1. The van der Waals surface area contributed by atoms with Crippen LogP contribution in [0.4, 0.5) is 0 Å². The Hall–Kier alpha value is -2.28. The fraction of sp³-hybridized carbons (Fsp3) is 0.455. The van der Waals surface area contributed by atoms with Crippen LogP contribution in [0.2, 0.25) is 0 Å². The van der Waals surface area contributed by atoms with Gasteiger partial charge in [-0.2, -0.15) is 0 Å². The van der Waals surface area contributed by atoms with Gasteiger partial charge in [0, 0.05) is 11.8 Å². The number of aromatic hydroxyl groups is 1. The largest absolute Gasteiger partial charge is 0.508 e. The van der Waals surface area contributed by atoms with Crippen LogP contribution in [-0.4, -0.2) is 82.8 Å². The van der Waals surface area contributed by atoms with Gasteiger partial charge >= 0.3 is 5.97 Å². The van der Waals surface area contributed by atoms with Gasteiger partial charge in [0.05, 0.1) is 12.5 Å². The van der Waals surface area contributed by atoms with Crippen molar-refractivity contribution in [1.82, 2.24) is 20.0 Å². The van der Waals surface area contributed by atoms with E-state index in [4.69, 9.17) is 12.2 Å². The van der Waals surface area contributed by atoms with Crippen molar-refractivity contribution in [2.75, 3.05) is 18.3 Å². The lowest BCUT2D eigenvalue weighted by molar-refractivity contribution is -0.151. The Kier molecular flexibility index (Phi) is 7.13. The molecule has 3 aliphatic rings. The molecule has 0 bridgehead atoms. The minimum atomic E-state index is -1.14. The Morgan fingerprint density at radius 1 is 1.24 bits per heavy atom. The zero-order valence-corrected chi connectivity index (χ0v) is 21.4. The molecule has 0 radical (unpaired) electrons. The Morgan fingerprint density at radius 2 is 1.91 bits per heavy atom. The Labute approximate surface area is 211 Å². The Balaban J connectivity index is 1.57. The van der Waals surface area contributed by atoms with Gasteiger partial charge in [-0.1, -0.05) is 36.1 Å². The maximum absolute atomic E-state index is 13.6. The molecule has 2 fully saturated rings. The molecule has 4 rings (SSSR count). The van der Waals surface area contributed by atoms with Gasteiger partial charge in [-0.3, -0.25) is 19.4 Å². The first-order valence-electron chi connectivity index (χ1n) is 10.7. The van der Waals surface area contributed by atoms with Crippen LogP contribution in [0.15, 0.2) is 35.5 Å². The smallest absolute Gasteiger partial charge is 0.352 e. The zero-order valence-electron chi connectivity index (χ0n) is 18.9. The quantitative estimate of drug-likeness (QED) is 0.379. The van der Waals surface area contributed by atoms with E-state index in [9.17, 15) is 24.6 Å². The summed E-state index contributed by atoms with van der Waals surface area (Å²) in [6.45, 7) is 6.20. The lowest BCUT2D eigenvalue weighted by Gasteiger charge is -2.50. The van der Waals surface area contributed by atoms with Crippen molar-refractivity contribution in [2.24, 2.45) is 0 Å². The number of rotatable bonds is 6. The summed E-state index contributed by atoms with van der Waals surface area (Å²) in [5.41, 5.74) is 1.31. The maximum atomic E-state index is 13.6. The van der Waals surface area contributed by atoms with Crippen LogP contribution in [0.1, 0.15) is 32.4 Å². The number of hydrogen-bond donors (Lipinski definition) is 3. The van der Waals surface area contributed by atoms with E-state index in [1.807, 2.05) is 23.6 Å². The number of nitrogens with one attached hydrogen (secondary N) is 1. The molecule has 3 N–H and O–H groups in total. The molecule has 1 aromatic rings. The van der Waals surface area contributed by atoms with E-state index >= 15 is 0 Å². The number of thiocarbonyl (C=S) groups is 1. The minimum Gasteiger partial charge on any atom is -0.508 e. The number of carbonyl (C=O) groups excluding carboxylic acids is 2. The molecule has 2 amide bonds. The van der Waals surface area contributed by atoms with E-state index in [-0.39, 0.29) is 23.4 Å². The lowest BCUT2D eigenvalue weighted by Crippen LogP contribution is -2.71. The van der Waals surface area contributed by atoms with Gasteiger partial charge < -0.3 is 20.4 Å². The highest BCUT2D eigenvalue weighted by Crippen LogP contribution is 2.40. The molecule has 182 valence electrons. The monoisotopic (exact) mass is 522 g/mol. The SMILES string of the molecule is CC1=C(C(=O)O)N2C(=O)[C@@H](NC(=O)[C@H](c3ccc(O)cc3)N3CSC(=S)N(C(C)C)C3)C2SC1. The van der Waals surface area contributed by atoms with Crippen LogP contribution in [0.25, 0.3) is 0 Å². The third-order valence-electron chi connectivity index (χ3n) is 6.03. The van der Waals surface area contributed by atoms with Crippen LogP contribution in [0.3, 0.4) is 0 Å². The number of phenols is 1. The third-order valence-corrected chi connectivity index (χ3v) is 8.98. The number of aliphatic carboxylic acids is 1. The van der Waals surface area contributed by atoms with Gasteiger partial charge in [-0.25, -0.2) is 4.79 Å². The van der Waals surface area contributed by atoms with Crippen molar-refractivity contribution >= 4 is 57.8 Å². The Morgan fingerprint density at radius 3 is 2.53 bits per heavy atom. The number of β-lactam (4-membered cyclic amide) rings is 1. The summed E-state index contributed by atoms with van der Waals surface area (Å²) >= 11 is 8.39. The molecule has 0 aliphatic carbocycles. The van der Waals surface area contributed by atoms with Gasteiger partial charge in [-0.05, 0) is 44.0 Å². The van der Waals surface area contributed by atoms with E-state index in [0.29, 0.717) is 29.4 Å². The van der Waals surface area contributed by atoms with Crippen molar-refractivity contribution in [3.63, 3.8) is 0 Å². The number of carboxylic acids is 1. The van der Waals surface area contributed by atoms with Gasteiger partial charge in [-0.15, -0.1) is 11.8 Å². The standard InChI is InChI=1S/C22H26N4O5S3/c1-11(2)25-9-24(10-34-22(25)32)17(13-4-6-14(27)7-5-13)18(28)23-15-19(29)26-16(21(30)31)12(3)8-33-20(15)26/h4-7,11,15,17,20,27H,8-10H2,1-3H3,(H,23,28)(H,30,31)/t15-,17+,20?/m1/s1. The Bertz CT molecular complexity index is 1060. The molecule has 12 heteroatoms. The second kappa shape index (κ2) is 9.76. The predicted molar refractivity (Wildman–Crippen MR) is 135 cm³/mol. The molecule has 0 spiro atoms. The van der Waals surface area contributed by atoms with Gasteiger partial charge in [0.1, 0.15) is 33.2 Å². The molecule has 3 heterocycles. The number of carbonyl (C=O) groups is 3. The average molecular weight is 523 g/mol. The number of phenolic OH excluding ortho intramolecular Hbond substituents is 1. The van der Waals surface area contributed by atoms with Crippen LogP contribution < -0.4 is 5.32 Å². The predicted octanol–water partition coefficient (Wildman–Crippen LogP) is 2.15. The van der Waals surface area contributed by atoms with E-state index in [0.717, 1.165) is 4.32 Å². The fourth-order valence-corrected chi connectivity index (χ4v) is 6.90. The number of nitrogens with zero attached hydrogens (tertiary/aromatic N) is 3. The molecule has 2 saturated heterocycles. The van der Waals surface area contributed by atoms with Gasteiger partial charge in [0.2, 0.25) is 5.91 Å². The van der Waals surface area contributed by atoms with Crippen LogP contribution in [-0.2, 0) is 14.4 Å². The molecule has 1 unspecified atom stereocenters. The number of hydrogen-bond acceptors (Lipinski definition) is 8. The number of benzene rings is 1. The highest BCUT2D eigenvalue weighted by molar-refractivity contribution is 8.22. The van der Waals surface area contributed by atoms with Crippen molar-refractivity contribution in [3.8, 4) is 5.75 Å². The molecule has 1 aromatic carbocycles. The number of thioether (sulfide) groups is 2. The van der Waals surface area contributed by atoms with Crippen LogP contribution in [0, 0.1) is 0 Å². The van der Waals surface area contributed by atoms with E-state index in [1.54, 1.807) is 19.1 Å². The van der Waals surface area contributed by atoms with Crippen molar-refractivity contribution < 1.29 is 24.6 Å². The molecule has 9 nitrogen and oxygen atoms in total. The van der Waals surface area contributed by atoms with Gasteiger partial charge in [0.15, 0.2) is 0 Å². The third kappa shape index (κ3) is 4.51. The van der Waals surface area contributed by atoms with E-state index in [2.05, 4.69) is 5.32 Å². The summed E-state index contributed by atoms with van der Waals surface area (Å²) in [4.78, 5) is 43.4. The topological polar surface area (TPSA) is 113 Å². The first-order chi connectivity index (χ1) is 16.1. The van der Waals surface area contributed by atoms with Gasteiger partial charge in [0.25, 0.3) is 5.91 Å². The summed E-state index contributed by atoms with van der Waals surface area (Å²) in [5, 5.41) is 21.7. The van der Waals surface area contributed by atoms with E-state index < -0.39 is 29.3 Å². The van der Waals surface area contributed by atoms with Crippen molar-refractivity contribution in [2.45, 2.75) is 44.3 Å². The van der Waals surface area contributed by atoms with Crippen LogP contribution >= 0.6 is 35.7 Å². The molecular formula is C22H26N4O5S3. The average Bonchev–Trinajstić information content (AvgIpc) is 2.79. The first kappa shape index (κ1) is 24.8. The minimum absolute atomic E-state index is 0.00264. The second-order valence-electron chi connectivity index (χ2n) is 8.66. The molecule has 0 saturated carbocycles. The number of fused-ring (bicyclic) bond motifs is 1. The first-order valence-corrected chi connectivity index (χ1v) is 13.2. The molecule has 3 aliphatic heterocycles. The molecule has 34 heavy (non-hydrogen) atoms. The molecular weight excluding hydrogens is 496 g/mol.